The van der Waals surface area contributed by atoms with Gasteiger partial charge in [0.1, 0.15) is 0 Å². The van der Waals surface area contributed by atoms with Gasteiger partial charge in [-0.1, -0.05) is 12.2 Å². The van der Waals surface area contributed by atoms with E-state index in [2.05, 4.69) is 17.6 Å². The lowest BCUT2D eigenvalue weighted by Gasteiger charge is -1.85. The van der Waals surface area contributed by atoms with Crippen LogP contribution in [-0.2, 0) is 0 Å². The lowest BCUT2D eigenvalue weighted by atomic mass is 10.8. The van der Waals surface area contributed by atoms with Gasteiger partial charge < -0.3 is 5.43 Å². The minimum Gasteiger partial charge on any atom is -0.318 e. The molecule has 0 aromatic carbocycles. The molecule has 0 saturated carbocycles. The highest BCUT2D eigenvalue weighted by molar-refractivity contribution is 8.93. The van der Waals surface area contributed by atoms with E-state index < -0.39 is 0 Å². The van der Waals surface area contributed by atoms with E-state index in [1.54, 1.807) is 6.92 Å². The number of thiocarbonyl (C=S) groups is 1. The second-order valence-electron chi connectivity index (χ2n) is 0.701. The van der Waals surface area contributed by atoms with Crippen LogP contribution in [0.15, 0.2) is 0 Å². The number of rotatable bonds is 0. The Morgan fingerprint density at radius 3 is 2.00 bits per heavy atom. The van der Waals surface area contributed by atoms with E-state index in [9.17, 15) is 0 Å². The lowest BCUT2D eigenvalue weighted by molar-refractivity contribution is 1.04. The van der Waals surface area contributed by atoms with Gasteiger partial charge in [-0.25, -0.2) is 0 Å². The minimum atomic E-state index is 0. The highest BCUT2D eigenvalue weighted by Crippen LogP contribution is 1.54. The molecular weight excluding hydrogens is 164 g/mol. The Morgan fingerprint density at radius 1 is 1.83 bits per heavy atom. The fourth-order valence-electron chi connectivity index (χ4n) is 0. The van der Waals surface area contributed by atoms with Crippen molar-refractivity contribution < 1.29 is 0 Å². The monoisotopic (exact) mass is 170 g/mol. The zero-order valence-electron chi connectivity index (χ0n) is 3.39. The summed E-state index contributed by atoms with van der Waals surface area (Å²) in [5, 5.41) is 0. The first-order chi connectivity index (χ1) is 2.27. The molecule has 0 aliphatic heterocycles. The summed E-state index contributed by atoms with van der Waals surface area (Å²) in [7, 11) is 0. The van der Waals surface area contributed by atoms with Crippen molar-refractivity contribution >= 4 is 34.2 Å². The summed E-state index contributed by atoms with van der Waals surface area (Å²) in [4.78, 5) is 0.616. The quantitative estimate of drug-likeness (QED) is 0.314. The van der Waals surface area contributed by atoms with Crippen LogP contribution in [0.1, 0.15) is 6.92 Å². The highest BCUT2D eigenvalue weighted by atomic mass is 79.9. The largest absolute Gasteiger partial charge is 0.318 e. The van der Waals surface area contributed by atoms with Crippen LogP contribution in [0, 0.1) is 0 Å². The fourth-order valence-corrected chi connectivity index (χ4v) is 0. The Bertz CT molecular complexity index is 46.8. The van der Waals surface area contributed by atoms with E-state index in [-0.39, 0.29) is 17.0 Å². The molecule has 0 unspecified atom stereocenters. The molecule has 0 aliphatic carbocycles. The van der Waals surface area contributed by atoms with Crippen molar-refractivity contribution in [1.82, 2.24) is 5.43 Å². The number of hydrogen-bond acceptors (Lipinski definition) is 2. The zero-order chi connectivity index (χ0) is 4.28. The van der Waals surface area contributed by atoms with Gasteiger partial charge in [0.15, 0.2) is 0 Å². The third kappa shape index (κ3) is 8.84. The van der Waals surface area contributed by atoms with Crippen molar-refractivity contribution in [3.05, 3.63) is 0 Å². The molecule has 2 nitrogen and oxygen atoms in total. The molecule has 0 aromatic heterocycles. The number of hydrazine groups is 1. The third-order valence-electron chi connectivity index (χ3n) is 0.203. The molecule has 0 amide bonds. The molecule has 38 valence electrons. The maximum absolute atomic E-state index is 4.78. The van der Waals surface area contributed by atoms with E-state index in [4.69, 9.17) is 5.84 Å². The molecule has 0 aromatic rings. The lowest BCUT2D eigenvalue weighted by Crippen LogP contribution is -2.25. The average molecular weight is 171 g/mol. The van der Waals surface area contributed by atoms with Crippen LogP contribution >= 0.6 is 29.2 Å². The first kappa shape index (κ1) is 9.59. The van der Waals surface area contributed by atoms with Gasteiger partial charge in [-0.3, -0.25) is 5.84 Å². The summed E-state index contributed by atoms with van der Waals surface area (Å²) in [5.41, 5.74) is 2.26. The van der Waals surface area contributed by atoms with Crippen molar-refractivity contribution in [3.63, 3.8) is 0 Å². The van der Waals surface area contributed by atoms with Gasteiger partial charge in [0, 0.05) is 0 Å². The standard InChI is InChI=1S/C2H6N2S.BrH/c1-2(5)4-3;/h3H2,1H3,(H,4,5);1H. The SMILES string of the molecule is Br.CC(=S)NN. The smallest absolute Gasteiger partial charge is 0.0861 e. The zero-order valence-corrected chi connectivity index (χ0v) is 5.92. The summed E-state index contributed by atoms with van der Waals surface area (Å²) in [5.74, 6) is 4.78. The van der Waals surface area contributed by atoms with E-state index in [1.165, 1.54) is 0 Å². The molecule has 0 radical (unpaired) electrons. The Hall–Kier alpha value is 0.330. The summed E-state index contributed by atoms with van der Waals surface area (Å²) in [6.07, 6.45) is 0. The molecular formula is C2H7BrN2S. The predicted molar refractivity (Wildman–Crippen MR) is 35.9 cm³/mol. The Morgan fingerprint density at radius 2 is 2.00 bits per heavy atom. The van der Waals surface area contributed by atoms with Crippen molar-refractivity contribution in [2.45, 2.75) is 6.92 Å². The van der Waals surface area contributed by atoms with Crippen molar-refractivity contribution in [1.29, 1.82) is 0 Å². The van der Waals surface area contributed by atoms with Gasteiger partial charge in [-0.15, -0.1) is 17.0 Å². The minimum absolute atomic E-state index is 0. The Labute approximate surface area is 52.8 Å². The van der Waals surface area contributed by atoms with Crippen LogP contribution in [0.25, 0.3) is 0 Å². The van der Waals surface area contributed by atoms with Crippen LogP contribution in [0.2, 0.25) is 0 Å². The van der Waals surface area contributed by atoms with Crippen molar-refractivity contribution in [2.24, 2.45) is 5.84 Å². The number of halogens is 1. The summed E-state index contributed by atoms with van der Waals surface area (Å²) in [6.45, 7) is 1.72. The van der Waals surface area contributed by atoms with E-state index >= 15 is 0 Å². The first-order valence-corrected chi connectivity index (χ1v) is 1.65. The fraction of sp³-hybridized carbons (Fsp3) is 0.500. The summed E-state index contributed by atoms with van der Waals surface area (Å²) < 4.78 is 0. The van der Waals surface area contributed by atoms with Crippen LogP contribution in [-0.4, -0.2) is 4.99 Å². The van der Waals surface area contributed by atoms with Crippen LogP contribution < -0.4 is 11.3 Å². The van der Waals surface area contributed by atoms with E-state index in [1.807, 2.05) is 0 Å². The van der Waals surface area contributed by atoms with Gasteiger partial charge >= 0.3 is 0 Å². The van der Waals surface area contributed by atoms with Crippen molar-refractivity contribution in [2.75, 3.05) is 0 Å². The maximum Gasteiger partial charge on any atom is 0.0861 e. The molecule has 0 bridgehead atoms. The Kier molecular flexibility index (Phi) is 8.52. The molecule has 0 atom stereocenters. The molecule has 0 saturated heterocycles. The van der Waals surface area contributed by atoms with Gasteiger partial charge in [-0.2, -0.15) is 0 Å². The van der Waals surface area contributed by atoms with E-state index in [0.717, 1.165) is 0 Å². The third-order valence-corrected chi connectivity index (χ3v) is 0.321. The van der Waals surface area contributed by atoms with Crippen molar-refractivity contribution in [3.8, 4) is 0 Å². The van der Waals surface area contributed by atoms with Gasteiger partial charge in [0.05, 0.1) is 4.99 Å². The first-order valence-electron chi connectivity index (χ1n) is 1.24. The second-order valence-corrected chi connectivity index (χ2v) is 1.31. The molecule has 0 rings (SSSR count). The van der Waals surface area contributed by atoms with E-state index in [0.29, 0.717) is 4.99 Å². The van der Waals surface area contributed by atoms with Crippen LogP contribution in [0.4, 0.5) is 0 Å². The Balaban J connectivity index is 0. The normalized spacial score (nSPS) is 5.67. The highest BCUT2D eigenvalue weighted by Gasteiger charge is 1.66. The van der Waals surface area contributed by atoms with Gasteiger partial charge in [0.2, 0.25) is 0 Å². The number of hydrogen-bond donors (Lipinski definition) is 2. The molecule has 0 fully saturated rings. The molecule has 0 heterocycles. The molecule has 4 heteroatoms. The average Bonchev–Trinajstić information content (AvgIpc) is 1.38. The van der Waals surface area contributed by atoms with Gasteiger partial charge in [0.25, 0.3) is 0 Å². The second kappa shape index (κ2) is 5.33. The summed E-state index contributed by atoms with van der Waals surface area (Å²) >= 11 is 4.46. The molecule has 0 spiro atoms. The van der Waals surface area contributed by atoms with Gasteiger partial charge in [-0.05, 0) is 6.92 Å². The molecule has 6 heavy (non-hydrogen) atoms. The predicted octanol–water partition coefficient (Wildman–Crippen LogP) is 0.375. The molecule has 0 aliphatic rings. The topological polar surface area (TPSA) is 38.0 Å². The summed E-state index contributed by atoms with van der Waals surface area (Å²) in [6, 6.07) is 0. The molecule has 3 N–H and O–H groups in total. The van der Waals surface area contributed by atoms with Crippen LogP contribution in [0.3, 0.4) is 0 Å². The number of nitrogens with two attached hydrogens (primary N) is 1. The number of nitrogens with one attached hydrogen (secondary N) is 1. The van der Waals surface area contributed by atoms with Crippen LogP contribution in [0.5, 0.6) is 0 Å². The maximum atomic E-state index is 4.78.